The average molecular weight is 308 g/mol. The van der Waals surface area contributed by atoms with Crippen LogP contribution < -0.4 is 0 Å². The molecule has 0 aromatic carbocycles. The van der Waals surface area contributed by atoms with Gasteiger partial charge in [0.05, 0.1) is 25.9 Å². The smallest absolute Gasteiger partial charge is 0.118 e. The third-order valence-electron chi connectivity index (χ3n) is 4.68. The monoisotopic (exact) mass is 308 g/mol. The van der Waals surface area contributed by atoms with Crippen LogP contribution in [-0.2, 0) is 11.3 Å². The van der Waals surface area contributed by atoms with Crippen molar-refractivity contribution in [3.05, 3.63) is 23.7 Å². The molecule has 5 heteroatoms. The third-order valence-corrected chi connectivity index (χ3v) is 4.68. The number of ether oxygens (including phenoxy) is 1. The number of rotatable bonds is 7. The van der Waals surface area contributed by atoms with E-state index in [9.17, 15) is 5.11 Å². The highest BCUT2D eigenvalue weighted by molar-refractivity contribution is 5.17. The molecule has 1 aliphatic heterocycles. The van der Waals surface area contributed by atoms with Gasteiger partial charge in [0.15, 0.2) is 0 Å². The van der Waals surface area contributed by atoms with E-state index in [1.807, 2.05) is 7.05 Å². The molecule has 1 saturated carbocycles. The Labute approximate surface area is 132 Å². The van der Waals surface area contributed by atoms with Crippen LogP contribution in [0.3, 0.4) is 0 Å². The zero-order valence-corrected chi connectivity index (χ0v) is 13.7. The number of nitrogens with zero attached hydrogens (tertiary/aromatic N) is 2. The van der Waals surface area contributed by atoms with Crippen LogP contribution in [0.4, 0.5) is 0 Å². The molecular formula is C17H28N2O3. The minimum absolute atomic E-state index is 0.332. The van der Waals surface area contributed by atoms with Gasteiger partial charge >= 0.3 is 0 Å². The average Bonchev–Trinajstić information content (AvgIpc) is 3.03. The summed E-state index contributed by atoms with van der Waals surface area (Å²) >= 11 is 0. The van der Waals surface area contributed by atoms with Crippen molar-refractivity contribution in [2.24, 2.45) is 5.92 Å². The summed E-state index contributed by atoms with van der Waals surface area (Å²) in [6, 6.07) is 4.19. The number of morpholine rings is 1. The number of likely N-dealkylation sites (N-methyl/N-ethyl adjacent to an activating group) is 1. The van der Waals surface area contributed by atoms with E-state index < -0.39 is 0 Å². The molecule has 22 heavy (non-hydrogen) atoms. The number of hydrogen-bond acceptors (Lipinski definition) is 5. The molecule has 0 radical (unpaired) electrons. The molecule has 0 amide bonds. The van der Waals surface area contributed by atoms with Gasteiger partial charge in [0.2, 0.25) is 0 Å². The van der Waals surface area contributed by atoms with E-state index in [4.69, 9.17) is 9.15 Å². The van der Waals surface area contributed by atoms with Crippen molar-refractivity contribution >= 4 is 0 Å². The lowest BCUT2D eigenvalue weighted by atomic mass is 10.2. The van der Waals surface area contributed by atoms with Gasteiger partial charge in [0, 0.05) is 32.1 Å². The molecule has 1 aliphatic carbocycles. The summed E-state index contributed by atoms with van der Waals surface area (Å²) in [7, 11) is 2.03. The molecule has 3 atom stereocenters. The second-order valence-electron chi connectivity index (χ2n) is 6.89. The van der Waals surface area contributed by atoms with Gasteiger partial charge in [0.1, 0.15) is 11.5 Å². The number of aliphatic hydroxyl groups is 1. The normalized spacial score (nSPS) is 27.3. The fourth-order valence-corrected chi connectivity index (χ4v) is 3.23. The largest absolute Gasteiger partial charge is 0.464 e. The lowest BCUT2D eigenvalue weighted by Gasteiger charge is -2.29. The van der Waals surface area contributed by atoms with E-state index in [0.717, 1.165) is 56.8 Å². The lowest BCUT2D eigenvalue weighted by Crippen LogP contribution is -2.43. The molecule has 0 bridgehead atoms. The van der Waals surface area contributed by atoms with Crippen LogP contribution in [0.2, 0.25) is 0 Å². The first-order valence-electron chi connectivity index (χ1n) is 8.37. The van der Waals surface area contributed by atoms with E-state index in [0.29, 0.717) is 12.5 Å². The number of furan rings is 1. The zero-order chi connectivity index (χ0) is 15.5. The van der Waals surface area contributed by atoms with E-state index in [-0.39, 0.29) is 6.10 Å². The Balaban J connectivity index is 1.41. The number of β-amino-alcohol motifs (C(OH)–C–C–N with tert-alkyl or cyclic N) is 1. The van der Waals surface area contributed by atoms with Crippen LogP contribution >= 0.6 is 0 Å². The van der Waals surface area contributed by atoms with Gasteiger partial charge in [-0.1, -0.05) is 6.92 Å². The molecule has 1 saturated heterocycles. The molecule has 2 fully saturated rings. The van der Waals surface area contributed by atoms with Crippen molar-refractivity contribution in [2.75, 3.05) is 46.4 Å². The summed E-state index contributed by atoms with van der Waals surface area (Å²) in [5.74, 6) is 3.53. The highest BCUT2D eigenvalue weighted by Gasteiger charge is 2.36. The fraction of sp³-hybridized carbons (Fsp3) is 0.765. The molecular weight excluding hydrogens is 280 g/mol. The van der Waals surface area contributed by atoms with E-state index in [1.165, 1.54) is 6.42 Å². The molecule has 2 aliphatic rings. The maximum atomic E-state index is 10.2. The van der Waals surface area contributed by atoms with Crippen molar-refractivity contribution < 1.29 is 14.3 Å². The van der Waals surface area contributed by atoms with Crippen molar-refractivity contribution in [2.45, 2.75) is 31.9 Å². The van der Waals surface area contributed by atoms with E-state index in [2.05, 4.69) is 28.9 Å². The molecule has 3 rings (SSSR count). The molecule has 2 heterocycles. The number of hydrogen-bond donors (Lipinski definition) is 1. The molecule has 1 N–H and O–H groups in total. The second kappa shape index (κ2) is 7.13. The summed E-state index contributed by atoms with van der Waals surface area (Å²) in [5, 5.41) is 10.2. The highest BCUT2D eigenvalue weighted by Crippen LogP contribution is 2.47. The van der Waals surface area contributed by atoms with E-state index >= 15 is 0 Å². The Morgan fingerprint density at radius 2 is 2.09 bits per heavy atom. The van der Waals surface area contributed by atoms with Crippen LogP contribution in [0.15, 0.2) is 16.5 Å². The fourth-order valence-electron chi connectivity index (χ4n) is 3.23. The van der Waals surface area contributed by atoms with Crippen LogP contribution in [-0.4, -0.2) is 67.5 Å². The number of aliphatic hydroxyl groups excluding tert-OH is 1. The van der Waals surface area contributed by atoms with Gasteiger partial charge in [-0.25, -0.2) is 0 Å². The molecule has 3 unspecified atom stereocenters. The zero-order valence-electron chi connectivity index (χ0n) is 13.7. The molecule has 1 aromatic rings. The minimum Gasteiger partial charge on any atom is -0.464 e. The summed E-state index contributed by atoms with van der Waals surface area (Å²) in [4.78, 5) is 4.39. The third kappa shape index (κ3) is 4.32. The minimum atomic E-state index is -0.332. The topological polar surface area (TPSA) is 49.1 Å². The van der Waals surface area contributed by atoms with Gasteiger partial charge in [-0.05, 0) is 31.5 Å². The summed E-state index contributed by atoms with van der Waals surface area (Å²) in [6.07, 6.45) is 0.919. The Morgan fingerprint density at radius 1 is 1.36 bits per heavy atom. The van der Waals surface area contributed by atoms with Crippen LogP contribution in [0.25, 0.3) is 0 Å². The van der Waals surface area contributed by atoms with Crippen LogP contribution in [0.5, 0.6) is 0 Å². The van der Waals surface area contributed by atoms with Gasteiger partial charge in [0.25, 0.3) is 0 Å². The summed E-state index contributed by atoms with van der Waals surface area (Å²) < 4.78 is 11.3. The quantitative estimate of drug-likeness (QED) is 0.828. The predicted octanol–water partition coefficient (Wildman–Crippen LogP) is 1.53. The molecule has 5 nitrogen and oxygen atoms in total. The molecule has 0 spiro atoms. The van der Waals surface area contributed by atoms with Gasteiger partial charge in [-0.3, -0.25) is 9.80 Å². The predicted molar refractivity (Wildman–Crippen MR) is 84.8 cm³/mol. The Bertz CT molecular complexity index is 470. The van der Waals surface area contributed by atoms with Crippen molar-refractivity contribution in [1.82, 2.24) is 9.80 Å². The standard InChI is InChI=1S/C17H28N2O3/c1-13-9-16(13)17-4-3-15(22-17)12-18(2)10-14(20)11-19-5-7-21-8-6-19/h3-4,13-14,16,20H,5-12H2,1-2H3. The maximum Gasteiger partial charge on any atom is 0.118 e. The molecule has 1 aromatic heterocycles. The first kappa shape index (κ1) is 16.0. The lowest BCUT2D eigenvalue weighted by molar-refractivity contribution is 0.00790. The SMILES string of the molecule is CC1CC1c1ccc(CN(C)CC(O)CN2CCOCC2)o1. The van der Waals surface area contributed by atoms with Crippen molar-refractivity contribution in [3.63, 3.8) is 0 Å². The van der Waals surface area contributed by atoms with Gasteiger partial charge in [-0.15, -0.1) is 0 Å². The van der Waals surface area contributed by atoms with Crippen molar-refractivity contribution in [3.8, 4) is 0 Å². The first-order chi connectivity index (χ1) is 10.6. The van der Waals surface area contributed by atoms with Crippen LogP contribution in [0.1, 0.15) is 30.8 Å². The van der Waals surface area contributed by atoms with Crippen LogP contribution in [0, 0.1) is 5.92 Å². The maximum absolute atomic E-state index is 10.2. The Morgan fingerprint density at radius 3 is 2.77 bits per heavy atom. The summed E-state index contributed by atoms with van der Waals surface area (Å²) in [5.41, 5.74) is 0. The summed E-state index contributed by atoms with van der Waals surface area (Å²) in [6.45, 7) is 7.78. The first-order valence-corrected chi connectivity index (χ1v) is 8.37. The second-order valence-corrected chi connectivity index (χ2v) is 6.89. The molecule has 124 valence electrons. The Hall–Kier alpha value is -0.880. The van der Waals surface area contributed by atoms with E-state index in [1.54, 1.807) is 0 Å². The van der Waals surface area contributed by atoms with Gasteiger partial charge < -0.3 is 14.3 Å². The highest BCUT2D eigenvalue weighted by atomic mass is 16.5. The van der Waals surface area contributed by atoms with Gasteiger partial charge in [-0.2, -0.15) is 0 Å². The van der Waals surface area contributed by atoms with Crippen molar-refractivity contribution in [1.29, 1.82) is 0 Å². The Kier molecular flexibility index (Phi) is 5.18.